The fourth-order valence-electron chi connectivity index (χ4n) is 11.8. The van der Waals surface area contributed by atoms with Gasteiger partial charge in [-0.1, -0.05) is 105 Å². The molecule has 42 heteroatoms. The molecule has 2 aliphatic carbocycles. The quantitative estimate of drug-likeness (QED) is 0.00732. The number of unbranched alkanes of at least 4 members (excludes halogenated alkanes) is 8. The summed E-state index contributed by atoms with van der Waals surface area (Å²) in [6.45, 7) is -2.00. The fraction of sp³-hybridized carbons (Fsp3) is 0.474. The van der Waals surface area contributed by atoms with Crippen LogP contribution in [-0.4, -0.2) is 155 Å². The van der Waals surface area contributed by atoms with Gasteiger partial charge in [0.05, 0.1) is 79.3 Å². The monoisotopic (exact) mass is 1800 g/mol. The molecule has 0 saturated heterocycles. The number of phosphoric ester groups is 6. The third kappa shape index (κ3) is 34.8. The normalized spacial score (nSPS) is 15.6. The van der Waals surface area contributed by atoms with E-state index in [0.717, 1.165) is 36.3 Å². The van der Waals surface area contributed by atoms with E-state index in [-0.39, 0.29) is 90.9 Å². The van der Waals surface area contributed by atoms with Crippen molar-refractivity contribution >= 4 is 102 Å². The predicted molar refractivity (Wildman–Crippen MR) is 445 cm³/mol. The van der Waals surface area contributed by atoms with Crippen molar-refractivity contribution < 1.29 is 140 Å². The van der Waals surface area contributed by atoms with Crippen LogP contribution in [0.2, 0.25) is 0 Å². The number of hydrogen-bond donors (Lipinski definition) is 10. The molecule has 8 rings (SSSR count). The highest BCUT2D eigenvalue weighted by Gasteiger charge is 2.31. The SMILES string of the molecule is CCCCCCSSCCCCCCOP(=O)(O)OCCOP(=O)(O)OCC(CCCCNC(=O)c1cccc(-c2c3ccc(=O)cc-3oc3cc(O)ccc23)c1)COP(=O)(O)OCCCOP(=O)(O)OCCOP(=O)(O)OCCCOP(=O)(O)OCC(C)CCCCNC(=O)c1cccc(-c2c3ccc(=O)cc-3oc3cc(O)ccc23)c1. The smallest absolute Gasteiger partial charge is 0.472 e. The van der Waals surface area contributed by atoms with Crippen molar-refractivity contribution in [2.75, 3.05) is 104 Å². The molecule has 0 aromatic heterocycles. The van der Waals surface area contributed by atoms with Crippen molar-refractivity contribution in [2.24, 2.45) is 11.8 Å². The summed E-state index contributed by atoms with van der Waals surface area (Å²) in [5, 5.41) is 27.3. The minimum absolute atomic E-state index is 0.0166. The maximum atomic E-state index is 13.6. The van der Waals surface area contributed by atoms with Gasteiger partial charge in [-0.2, -0.15) is 0 Å². The lowest BCUT2D eigenvalue weighted by Gasteiger charge is -2.21. The lowest BCUT2D eigenvalue weighted by molar-refractivity contribution is 0.0754. The Labute approximate surface area is 690 Å². The van der Waals surface area contributed by atoms with Crippen molar-refractivity contribution in [3.05, 3.63) is 153 Å². The second kappa shape index (κ2) is 48.9. The number of rotatable bonds is 59. The van der Waals surface area contributed by atoms with Gasteiger partial charge in [0.25, 0.3) is 11.8 Å². The molecule has 34 nitrogen and oxygen atoms in total. The van der Waals surface area contributed by atoms with Gasteiger partial charge < -0.3 is 59.0 Å². The maximum Gasteiger partial charge on any atom is 0.472 e. The molecule has 0 spiro atoms. The molecule has 2 aliphatic heterocycles. The summed E-state index contributed by atoms with van der Waals surface area (Å²) in [6.07, 6.45) is 10.0. The third-order valence-corrected chi connectivity index (χ3v) is 26.3. The van der Waals surface area contributed by atoms with E-state index in [4.69, 9.17) is 63.1 Å². The van der Waals surface area contributed by atoms with Crippen molar-refractivity contribution in [3.8, 4) is 56.4 Å². The van der Waals surface area contributed by atoms with Crippen molar-refractivity contribution in [1.82, 2.24) is 10.6 Å². The van der Waals surface area contributed by atoms with Gasteiger partial charge in [0, 0.05) is 98.9 Å². The first-order chi connectivity index (χ1) is 56.3. The van der Waals surface area contributed by atoms with Gasteiger partial charge in [-0.05, 0) is 148 Å². The van der Waals surface area contributed by atoms with E-state index in [1.165, 1.54) is 74.2 Å². The molecule has 2 amide bonds. The summed E-state index contributed by atoms with van der Waals surface area (Å²) in [6, 6.07) is 31.7. The topological polar surface area (TPSA) is 494 Å². The van der Waals surface area contributed by atoms with E-state index in [1.54, 1.807) is 73.7 Å². The minimum Gasteiger partial charge on any atom is -0.508 e. The van der Waals surface area contributed by atoms with Crippen LogP contribution in [0.1, 0.15) is 137 Å². The first-order valence-corrected chi connectivity index (χ1v) is 49.9. The van der Waals surface area contributed by atoms with Gasteiger partial charge in [-0.15, -0.1) is 0 Å². The average molecular weight is 1810 g/mol. The van der Waals surface area contributed by atoms with Crippen LogP contribution >= 0.6 is 68.5 Å². The van der Waals surface area contributed by atoms with Crippen LogP contribution < -0.4 is 21.5 Å². The third-order valence-electron chi connectivity index (χ3n) is 17.7. The van der Waals surface area contributed by atoms with E-state index < -0.39 is 125 Å². The van der Waals surface area contributed by atoms with E-state index in [1.807, 2.05) is 27.7 Å². The lowest BCUT2D eigenvalue weighted by atomic mass is 9.92. The number of hydrogen-bond acceptors (Lipinski definition) is 28. The first-order valence-electron chi connectivity index (χ1n) is 38.4. The Morgan fingerprint density at radius 1 is 0.398 bits per heavy atom. The molecule has 2 heterocycles. The molecule has 0 fully saturated rings. The fourth-order valence-corrected chi connectivity index (χ4v) is 18.9. The number of nitrogens with one attached hydrogen (secondary N) is 2. The molecule has 4 aliphatic rings. The molecule has 650 valence electrons. The van der Waals surface area contributed by atoms with Gasteiger partial charge in [-0.25, -0.2) is 27.4 Å². The zero-order valence-electron chi connectivity index (χ0n) is 65.2. The maximum absolute atomic E-state index is 13.6. The lowest BCUT2D eigenvalue weighted by Crippen LogP contribution is -2.24. The Hall–Kier alpha value is -5.84. The number of carbonyl (C=O) groups is 2. The van der Waals surface area contributed by atoms with Crippen molar-refractivity contribution in [1.29, 1.82) is 0 Å². The van der Waals surface area contributed by atoms with E-state index in [9.17, 15) is 86.1 Å². The highest BCUT2D eigenvalue weighted by Crippen LogP contribution is 2.51. The second-order valence-electron chi connectivity index (χ2n) is 27.3. The zero-order valence-corrected chi connectivity index (χ0v) is 72.2. The molecule has 4 aromatic carbocycles. The second-order valence-corrected chi connectivity index (χ2v) is 38.7. The highest BCUT2D eigenvalue weighted by atomic mass is 33.1. The Kier molecular flexibility index (Phi) is 40.4. The van der Waals surface area contributed by atoms with Crippen LogP contribution in [0, 0.1) is 11.8 Å². The Morgan fingerprint density at radius 2 is 0.771 bits per heavy atom. The average Bonchev–Trinajstić information content (AvgIpc) is 0.760. The standard InChI is InChI=1S/C76H102N2O32P6S2/c1-3-4-5-13-44-117-118-45-14-7-6-12-35-97-111(85,86)102-42-43-105-116(95,96)108-54-56(20-9-11-34-78-76(84)60-24-16-22-58(47-60)74-67-31-27-63(81)50-71(67)110-72-51-64(82)28-32-68(72)74)53-107-115(93,94)101-39-18-37-99-113(89,90)104-41-40-103-112(87,88)98-36-17-38-100-114(91,92)106-52-55(2)19-8-10-33-77-75(83)59-23-15-21-57(46-59)73-65-29-25-61(79)48-69(65)109-70-49-62(80)26-30-66(70)73/h15-16,21-32,46-51,55-56,79,81H,3-14,17-20,33-45,52-54H2,1-2H3,(H,77,83)(H,78,84)(H,85,86)(H,87,88)(H,89,90)(H,91,92)(H,93,94)(H,95,96). The van der Waals surface area contributed by atoms with Crippen molar-refractivity contribution in [3.63, 3.8) is 0 Å². The molecule has 4 aromatic rings. The Morgan fingerprint density at radius 3 is 1.19 bits per heavy atom. The molecule has 8 atom stereocenters. The minimum atomic E-state index is -4.93. The van der Waals surface area contributed by atoms with Gasteiger partial charge in [-0.3, -0.25) is 73.5 Å². The molecular formula is C76H102N2O32P6S2. The summed E-state index contributed by atoms with van der Waals surface area (Å²) >= 11 is 0. The number of phosphoric acid groups is 6. The molecule has 10 N–H and O–H groups in total. The molecule has 0 saturated carbocycles. The largest absolute Gasteiger partial charge is 0.508 e. The molecule has 8 unspecified atom stereocenters. The Balaban J connectivity index is 0.692. The highest BCUT2D eigenvalue weighted by molar-refractivity contribution is 8.76. The van der Waals surface area contributed by atoms with E-state index in [0.29, 0.717) is 99.7 Å². The predicted octanol–water partition coefficient (Wildman–Crippen LogP) is 16.7. The van der Waals surface area contributed by atoms with Gasteiger partial charge in [0.15, 0.2) is 10.9 Å². The molecular weight excluding hydrogens is 1700 g/mol. The van der Waals surface area contributed by atoms with Crippen molar-refractivity contribution in [2.45, 2.75) is 117 Å². The van der Waals surface area contributed by atoms with Gasteiger partial charge in [0.1, 0.15) is 34.2 Å². The molecule has 0 bridgehead atoms. The van der Waals surface area contributed by atoms with Crippen LogP contribution in [0.5, 0.6) is 11.5 Å². The van der Waals surface area contributed by atoms with Crippen LogP contribution in [0.25, 0.3) is 66.8 Å². The number of carbonyl (C=O) groups excluding carboxylic acids is 2. The summed E-state index contributed by atoms with van der Waals surface area (Å²) in [7, 11) is -24.9. The summed E-state index contributed by atoms with van der Waals surface area (Å²) in [5.41, 5.74) is 4.70. The summed E-state index contributed by atoms with van der Waals surface area (Å²) in [5.74, 6) is 0.756. The molecule has 118 heavy (non-hydrogen) atoms. The van der Waals surface area contributed by atoms with Crippen LogP contribution in [-0.2, 0) is 81.7 Å². The van der Waals surface area contributed by atoms with E-state index in [2.05, 4.69) is 17.6 Å². The number of fused-ring (bicyclic) bond motifs is 4. The van der Waals surface area contributed by atoms with E-state index >= 15 is 0 Å². The molecule has 0 radical (unpaired) electrons. The summed E-state index contributed by atoms with van der Waals surface area (Å²) in [4.78, 5) is 113. The van der Waals surface area contributed by atoms with Gasteiger partial charge >= 0.3 is 46.9 Å². The number of aromatic hydroxyl groups is 2. The van der Waals surface area contributed by atoms with Gasteiger partial charge in [0.2, 0.25) is 0 Å². The number of amides is 2. The summed E-state index contributed by atoms with van der Waals surface area (Å²) < 4.78 is 148. The van der Waals surface area contributed by atoms with Crippen LogP contribution in [0.3, 0.4) is 0 Å². The zero-order chi connectivity index (χ0) is 85.2. The number of phenolic OH excluding ortho intramolecular Hbond substituents is 2. The number of phenols is 2. The Bertz CT molecular complexity index is 4900. The van der Waals surface area contributed by atoms with Crippen LogP contribution in [0.4, 0.5) is 0 Å². The van der Waals surface area contributed by atoms with Crippen LogP contribution in [0.15, 0.2) is 140 Å². The first kappa shape index (κ1) is 97.6. The number of benzene rings is 6.